The number of hydrogen-bond donors (Lipinski definition) is 1. The number of rotatable bonds is 8. The SMILES string of the molecule is C/C=C\C1=C(CCl)CN(C(C)C(C=C(C)C=O)=CNCC(F)(F)F)C1=O. The van der Waals surface area contributed by atoms with Gasteiger partial charge in [0.05, 0.1) is 6.04 Å². The van der Waals surface area contributed by atoms with E-state index in [9.17, 15) is 22.8 Å². The predicted octanol–water partition coefficient (Wildman–Crippen LogP) is 3.51. The lowest BCUT2D eigenvalue weighted by molar-refractivity contribution is -0.126. The Bertz CT molecular complexity index is 664. The van der Waals surface area contributed by atoms with Gasteiger partial charge in [0.15, 0.2) is 0 Å². The van der Waals surface area contributed by atoms with E-state index in [1.165, 1.54) is 24.1 Å². The topological polar surface area (TPSA) is 49.4 Å². The third-order valence-electron chi connectivity index (χ3n) is 3.83. The van der Waals surface area contributed by atoms with Crippen LogP contribution < -0.4 is 5.32 Å². The van der Waals surface area contributed by atoms with E-state index < -0.39 is 18.8 Å². The Morgan fingerprint density at radius 3 is 2.58 bits per heavy atom. The molecule has 0 aromatic rings. The third-order valence-corrected chi connectivity index (χ3v) is 4.15. The molecule has 0 saturated heterocycles. The standard InChI is InChI=1S/C18H22ClF3N2O2/c1-4-5-16-15(7-19)9-24(17(16)26)13(3)14(6-12(2)10-25)8-23-11-18(20,21)22/h4-6,8,10,13,23H,7,9,11H2,1-3H3/b5-4-,12-6?,14-8?. The monoisotopic (exact) mass is 390 g/mol. The summed E-state index contributed by atoms with van der Waals surface area (Å²) < 4.78 is 37.1. The number of carbonyl (C=O) groups excluding carboxylic acids is 2. The van der Waals surface area contributed by atoms with Crippen LogP contribution in [-0.2, 0) is 9.59 Å². The maximum Gasteiger partial charge on any atom is 0.405 e. The van der Waals surface area contributed by atoms with Gasteiger partial charge in [-0.25, -0.2) is 0 Å². The number of halogens is 4. The van der Waals surface area contributed by atoms with Crippen molar-refractivity contribution in [2.24, 2.45) is 0 Å². The van der Waals surface area contributed by atoms with Crippen molar-refractivity contribution in [1.29, 1.82) is 0 Å². The second kappa shape index (κ2) is 9.62. The molecule has 144 valence electrons. The highest BCUT2D eigenvalue weighted by Crippen LogP contribution is 2.26. The average Bonchev–Trinajstić information content (AvgIpc) is 2.88. The van der Waals surface area contributed by atoms with Crippen LogP contribution in [0.4, 0.5) is 13.2 Å². The molecule has 1 rings (SSSR count). The number of nitrogens with zero attached hydrogens (tertiary/aromatic N) is 1. The van der Waals surface area contributed by atoms with Gasteiger partial charge in [0.2, 0.25) is 0 Å². The van der Waals surface area contributed by atoms with E-state index in [4.69, 9.17) is 11.6 Å². The number of amides is 1. The highest BCUT2D eigenvalue weighted by atomic mass is 35.5. The Hall–Kier alpha value is -2.02. The number of nitrogens with one attached hydrogen (secondary N) is 1. The van der Waals surface area contributed by atoms with Gasteiger partial charge in [-0.15, -0.1) is 11.6 Å². The highest BCUT2D eigenvalue weighted by Gasteiger charge is 2.32. The quantitative estimate of drug-likeness (QED) is 0.298. The number of aldehydes is 1. The third kappa shape index (κ3) is 6.05. The molecule has 0 aromatic carbocycles. The van der Waals surface area contributed by atoms with Gasteiger partial charge in [0.1, 0.15) is 12.8 Å². The van der Waals surface area contributed by atoms with Crippen LogP contribution in [-0.4, -0.2) is 48.3 Å². The van der Waals surface area contributed by atoms with Gasteiger partial charge in [0.25, 0.3) is 5.91 Å². The molecule has 0 aromatic heterocycles. The first kappa shape index (κ1) is 22.0. The fourth-order valence-electron chi connectivity index (χ4n) is 2.50. The normalized spacial score (nSPS) is 18.1. The maximum atomic E-state index is 12.6. The molecular formula is C18H22ClF3N2O2. The Morgan fingerprint density at radius 2 is 2.08 bits per heavy atom. The Balaban J connectivity index is 3.10. The van der Waals surface area contributed by atoms with Crippen molar-refractivity contribution in [3.05, 3.63) is 46.7 Å². The molecule has 1 heterocycles. The molecule has 1 amide bonds. The van der Waals surface area contributed by atoms with Crippen molar-refractivity contribution >= 4 is 23.8 Å². The van der Waals surface area contributed by atoms with Gasteiger partial charge >= 0.3 is 6.18 Å². The summed E-state index contributed by atoms with van der Waals surface area (Å²) in [5, 5.41) is 2.20. The van der Waals surface area contributed by atoms with Crippen LogP contribution in [0.5, 0.6) is 0 Å². The lowest BCUT2D eigenvalue weighted by atomic mass is 10.1. The van der Waals surface area contributed by atoms with Crippen LogP contribution in [0.2, 0.25) is 0 Å². The molecule has 0 fully saturated rings. The first-order chi connectivity index (χ1) is 12.1. The zero-order valence-electron chi connectivity index (χ0n) is 14.9. The van der Waals surface area contributed by atoms with E-state index in [-0.39, 0.29) is 18.3 Å². The van der Waals surface area contributed by atoms with Gasteiger partial charge in [0, 0.05) is 24.2 Å². The minimum absolute atomic E-state index is 0.184. The van der Waals surface area contributed by atoms with E-state index in [0.29, 0.717) is 23.0 Å². The summed E-state index contributed by atoms with van der Waals surface area (Å²) in [5.41, 5.74) is 1.97. The second-order valence-corrected chi connectivity index (χ2v) is 6.17. The summed E-state index contributed by atoms with van der Waals surface area (Å²) in [6.07, 6.45) is 2.28. The van der Waals surface area contributed by atoms with Crippen LogP contribution in [0.25, 0.3) is 0 Å². The lowest BCUT2D eigenvalue weighted by Crippen LogP contribution is -2.37. The zero-order chi connectivity index (χ0) is 19.9. The Morgan fingerprint density at radius 1 is 1.42 bits per heavy atom. The van der Waals surface area contributed by atoms with E-state index in [0.717, 1.165) is 5.57 Å². The lowest BCUT2D eigenvalue weighted by Gasteiger charge is -2.26. The van der Waals surface area contributed by atoms with Crippen LogP contribution >= 0.6 is 11.6 Å². The zero-order valence-corrected chi connectivity index (χ0v) is 15.6. The van der Waals surface area contributed by atoms with Crippen molar-refractivity contribution in [3.63, 3.8) is 0 Å². The van der Waals surface area contributed by atoms with Crippen LogP contribution in [0.15, 0.2) is 46.7 Å². The van der Waals surface area contributed by atoms with Gasteiger partial charge < -0.3 is 10.2 Å². The number of hydrogen-bond acceptors (Lipinski definition) is 3. The van der Waals surface area contributed by atoms with Crippen molar-refractivity contribution in [1.82, 2.24) is 10.2 Å². The summed E-state index contributed by atoms with van der Waals surface area (Å²) in [4.78, 5) is 25.1. The fraction of sp³-hybridized carbons (Fsp3) is 0.444. The van der Waals surface area contributed by atoms with Crippen LogP contribution in [0.3, 0.4) is 0 Å². The van der Waals surface area contributed by atoms with E-state index in [1.807, 2.05) is 0 Å². The fourth-order valence-corrected chi connectivity index (χ4v) is 2.72. The molecule has 1 unspecified atom stereocenters. The first-order valence-corrected chi connectivity index (χ1v) is 8.53. The predicted molar refractivity (Wildman–Crippen MR) is 95.7 cm³/mol. The van der Waals surface area contributed by atoms with Gasteiger partial charge in [-0.1, -0.05) is 12.2 Å². The van der Waals surface area contributed by atoms with Crippen molar-refractivity contribution in [2.75, 3.05) is 19.0 Å². The van der Waals surface area contributed by atoms with Crippen molar-refractivity contribution < 1.29 is 22.8 Å². The Kier molecular flexibility index (Phi) is 8.14. The molecule has 1 aliphatic rings. The molecular weight excluding hydrogens is 369 g/mol. The van der Waals surface area contributed by atoms with Crippen molar-refractivity contribution in [2.45, 2.75) is 33.0 Å². The summed E-state index contributed by atoms with van der Waals surface area (Å²) >= 11 is 5.91. The highest BCUT2D eigenvalue weighted by molar-refractivity contribution is 6.20. The molecule has 1 aliphatic heterocycles. The smallest absolute Gasteiger partial charge is 0.382 e. The maximum absolute atomic E-state index is 12.6. The minimum Gasteiger partial charge on any atom is -0.382 e. The summed E-state index contributed by atoms with van der Waals surface area (Å²) in [6.45, 7) is 4.09. The number of allylic oxidation sites excluding steroid dienone is 2. The Labute approximate surface area is 156 Å². The van der Waals surface area contributed by atoms with Gasteiger partial charge in [-0.3, -0.25) is 9.59 Å². The van der Waals surface area contributed by atoms with Crippen LogP contribution in [0.1, 0.15) is 20.8 Å². The van der Waals surface area contributed by atoms with Gasteiger partial charge in [-0.05, 0) is 43.6 Å². The molecule has 8 heteroatoms. The molecule has 0 radical (unpaired) electrons. The second-order valence-electron chi connectivity index (χ2n) is 5.91. The molecule has 1 N–H and O–H groups in total. The largest absolute Gasteiger partial charge is 0.405 e. The average molecular weight is 391 g/mol. The first-order valence-electron chi connectivity index (χ1n) is 8.00. The van der Waals surface area contributed by atoms with Crippen LogP contribution in [0, 0.1) is 0 Å². The molecule has 0 aliphatic carbocycles. The number of carbonyl (C=O) groups is 2. The van der Waals surface area contributed by atoms with Crippen molar-refractivity contribution in [3.8, 4) is 0 Å². The summed E-state index contributed by atoms with van der Waals surface area (Å²) in [5.74, 6) is -0.0615. The molecule has 0 bridgehead atoms. The molecule has 4 nitrogen and oxygen atoms in total. The molecule has 0 saturated carbocycles. The molecule has 0 spiro atoms. The summed E-state index contributed by atoms with van der Waals surface area (Å²) in [6, 6.07) is -0.542. The van der Waals surface area contributed by atoms with E-state index in [1.54, 1.807) is 26.0 Å². The molecule has 1 atom stereocenters. The van der Waals surface area contributed by atoms with E-state index in [2.05, 4.69) is 5.32 Å². The molecule has 26 heavy (non-hydrogen) atoms. The summed E-state index contributed by atoms with van der Waals surface area (Å²) in [7, 11) is 0. The van der Waals surface area contributed by atoms with E-state index >= 15 is 0 Å². The number of alkyl halides is 4. The minimum atomic E-state index is -4.37. The van der Waals surface area contributed by atoms with Gasteiger partial charge in [-0.2, -0.15) is 13.2 Å².